The minimum absolute atomic E-state index is 0.113. The van der Waals surface area contributed by atoms with E-state index in [-0.39, 0.29) is 5.41 Å². The van der Waals surface area contributed by atoms with E-state index in [0.29, 0.717) is 0 Å². The molecule has 1 aromatic rings. The van der Waals surface area contributed by atoms with Crippen molar-refractivity contribution in [2.45, 2.75) is 25.2 Å². The molecule has 0 saturated heterocycles. The van der Waals surface area contributed by atoms with E-state index >= 15 is 0 Å². The first-order chi connectivity index (χ1) is 5.63. The van der Waals surface area contributed by atoms with Crippen LogP contribution in [0, 0.1) is 6.20 Å². The van der Waals surface area contributed by atoms with Gasteiger partial charge in [0.2, 0.25) is 0 Å². The number of amides is 1. The Kier molecular flexibility index (Phi) is 1.28. The van der Waals surface area contributed by atoms with Crippen molar-refractivity contribution in [3.63, 3.8) is 0 Å². The van der Waals surface area contributed by atoms with Crippen LogP contribution in [0.5, 0.6) is 0 Å². The van der Waals surface area contributed by atoms with Crippen LogP contribution in [0.1, 0.15) is 25.5 Å². The highest BCUT2D eigenvalue weighted by atomic mass is 16.2. The SMILES string of the molecule is CC1(c2c[c]nn2C(N)=O)CC1. The summed E-state index contributed by atoms with van der Waals surface area (Å²) >= 11 is 0. The lowest BCUT2D eigenvalue weighted by Crippen LogP contribution is -2.25. The third-order valence-electron chi connectivity index (χ3n) is 2.41. The molecule has 0 aromatic carbocycles. The zero-order chi connectivity index (χ0) is 8.77. The fourth-order valence-corrected chi connectivity index (χ4v) is 1.30. The summed E-state index contributed by atoms with van der Waals surface area (Å²) in [5, 5.41) is 3.74. The van der Waals surface area contributed by atoms with Crippen molar-refractivity contribution >= 4 is 6.03 Å². The fourth-order valence-electron chi connectivity index (χ4n) is 1.30. The number of nitrogens with two attached hydrogens (primary N) is 1. The van der Waals surface area contributed by atoms with Gasteiger partial charge in [-0.15, -0.1) is 0 Å². The molecule has 1 radical (unpaired) electrons. The minimum atomic E-state index is -0.528. The monoisotopic (exact) mass is 164 g/mol. The average Bonchev–Trinajstić information content (AvgIpc) is 2.61. The van der Waals surface area contributed by atoms with E-state index in [1.54, 1.807) is 6.07 Å². The van der Waals surface area contributed by atoms with Gasteiger partial charge < -0.3 is 5.73 Å². The van der Waals surface area contributed by atoms with E-state index in [4.69, 9.17) is 5.73 Å². The van der Waals surface area contributed by atoms with Crippen molar-refractivity contribution < 1.29 is 4.79 Å². The standard InChI is InChI=1S/C8H10N3O/c1-8(3-4-8)6-2-5-10-11(6)7(9)12/h2H,3-4H2,1H3,(H2,9,12). The number of nitrogens with zero attached hydrogens (tertiary/aromatic N) is 2. The van der Waals surface area contributed by atoms with E-state index in [1.807, 2.05) is 0 Å². The van der Waals surface area contributed by atoms with Crippen LogP contribution in [0.3, 0.4) is 0 Å². The van der Waals surface area contributed by atoms with Crippen LogP contribution >= 0.6 is 0 Å². The van der Waals surface area contributed by atoms with Gasteiger partial charge in [0.1, 0.15) is 6.20 Å². The summed E-state index contributed by atoms with van der Waals surface area (Å²) in [5.74, 6) is 0. The first-order valence-corrected chi connectivity index (χ1v) is 3.90. The van der Waals surface area contributed by atoms with Crippen molar-refractivity contribution in [2.24, 2.45) is 5.73 Å². The fraction of sp³-hybridized carbons (Fsp3) is 0.500. The van der Waals surface area contributed by atoms with Gasteiger partial charge in [0, 0.05) is 5.41 Å². The summed E-state index contributed by atoms with van der Waals surface area (Å²) in [7, 11) is 0. The molecule has 12 heavy (non-hydrogen) atoms. The van der Waals surface area contributed by atoms with Crippen LogP contribution < -0.4 is 5.73 Å². The third kappa shape index (κ3) is 0.913. The quantitative estimate of drug-likeness (QED) is 0.662. The van der Waals surface area contributed by atoms with Gasteiger partial charge in [-0.25, -0.2) is 4.79 Å². The maximum Gasteiger partial charge on any atom is 0.339 e. The molecule has 1 heterocycles. The molecule has 0 aliphatic heterocycles. The molecule has 1 saturated carbocycles. The normalized spacial score (nSPS) is 19.1. The zero-order valence-corrected chi connectivity index (χ0v) is 6.87. The largest absolute Gasteiger partial charge is 0.350 e. The Morgan fingerprint density at radius 3 is 3.00 bits per heavy atom. The number of rotatable bonds is 1. The minimum Gasteiger partial charge on any atom is -0.350 e. The Balaban J connectivity index is 2.43. The van der Waals surface area contributed by atoms with Gasteiger partial charge in [-0.3, -0.25) is 0 Å². The van der Waals surface area contributed by atoms with E-state index < -0.39 is 6.03 Å². The van der Waals surface area contributed by atoms with Crippen LogP contribution in [-0.2, 0) is 5.41 Å². The van der Waals surface area contributed by atoms with E-state index in [9.17, 15) is 4.79 Å². The maximum absolute atomic E-state index is 10.9. The molecule has 2 rings (SSSR count). The highest BCUT2D eigenvalue weighted by Gasteiger charge is 2.42. The Morgan fingerprint density at radius 2 is 2.50 bits per heavy atom. The summed E-state index contributed by atoms with van der Waals surface area (Å²) in [6.45, 7) is 2.09. The second-order valence-corrected chi connectivity index (χ2v) is 3.47. The lowest BCUT2D eigenvalue weighted by atomic mass is 10.1. The Hall–Kier alpha value is -1.32. The van der Waals surface area contributed by atoms with Gasteiger partial charge in [-0.05, 0) is 18.9 Å². The molecule has 2 N–H and O–H groups in total. The van der Waals surface area contributed by atoms with Gasteiger partial charge >= 0.3 is 6.03 Å². The topological polar surface area (TPSA) is 60.9 Å². The highest BCUT2D eigenvalue weighted by molar-refractivity contribution is 5.74. The van der Waals surface area contributed by atoms with Gasteiger partial charge in [0.25, 0.3) is 0 Å². The second kappa shape index (κ2) is 2.09. The molecule has 0 atom stereocenters. The molecule has 1 aliphatic carbocycles. The number of carbonyl (C=O) groups is 1. The van der Waals surface area contributed by atoms with Crippen LogP contribution in [0.2, 0.25) is 0 Å². The predicted octanol–water partition coefficient (Wildman–Crippen LogP) is 0.662. The molecule has 0 bridgehead atoms. The molecule has 4 nitrogen and oxygen atoms in total. The van der Waals surface area contributed by atoms with Crippen LogP contribution in [-0.4, -0.2) is 15.8 Å². The van der Waals surface area contributed by atoms with Gasteiger partial charge in [0.15, 0.2) is 0 Å². The summed E-state index contributed by atoms with van der Waals surface area (Å²) in [6, 6.07) is 1.21. The van der Waals surface area contributed by atoms with Crippen LogP contribution in [0.25, 0.3) is 0 Å². The van der Waals surface area contributed by atoms with Crippen molar-refractivity contribution in [3.8, 4) is 0 Å². The predicted molar refractivity (Wildman–Crippen MR) is 42.6 cm³/mol. The van der Waals surface area contributed by atoms with Gasteiger partial charge in [-0.1, -0.05) is 6.92 Å². The highest BCUT2D eigenvalue weighted by Crippen LogP contribution is 2.47. The van der Waals surface area contributed by atoms with Crippen molar-refractivity contribution in [1.29, 1.82) is 0 Å². The Labute approximate surface area is 70.4 Å². The van der Waals surface area contributed by atoms with Crippen LogP contribution in [0.4, 0.5) is 4.79 Å². The Bertz CT molecular complexity index is 325. The first-order valence-electron chi connectivity index (χ1n) is 3.90. The lowest BCUT2D eigenvalue weighted by Gasteiger charge is -2.08. The molecule has 1 aliphatic rings. The Morgan fingerprint density at radius 1 is 1.83 bits per heavy atom. The molecular formula is C8H10N3O. The van der Waals surface area contributed by atoms with E-state index in [2.05, 4.69) is 18.2 Å². The molecule has 0 unspecified atom stereocenters. The summed E-state index contributed by atoms with van der Waals surface area (Å²) in [5.41, 5.74) is 6.12. The van der Waals surface area contributed by atoms with E-state index in [1.165, 1.54) is 4.68 Å². The number of hydrogen-bond acceptors (Lipinski definition) is 2. The summed E-state index contributed by atoms with van der Waals surface area (Å²) in [6.07, 6.45) is 4.83. The van der Waals surface area contributed by atoms with Gasteiger partial charge in [-0.2, -0.15) is 9.78 Å². The first kappa shape index (κ1) is 7.34. The zero-order valence-electron chi connectivity index (χ0n) is 6.87. The summed E-state index contributed by atoms with van der Waals surface area (Å²) < 4.78 is 1.23. The number of hydrogen-bond donors (Lipinski definition) is 1. The molecular weight excluding hydrogens is 154 g/mol. The molecule has 1 aromatic heterocycles. The molecule has 1 amide bonds. The molecule has 0 spiro atoms. The maximum atomic E-state index is 10.9. The second-order valence-electron chi connectivity index (χ2n) is 3.47. The van der Waals surface area contributed by atoms with Crippen LogP contribution in [0.15, 0.2) is 6.07 Å². The van der Waals surface area contributed by atoms with Gasteiger partial charge in [0.05, 0.1) is 5.69 Å². The average molecular weight is 164 g/mol. The number of carbonyl (C=O) groups excluding carboxylic acids is 1. The molecule has 1 fully saturated rings. The lowest BCUT2D eigenvalue weighted by molar-refractivity contribution is 0.246. The van der Waals surface area contributed by atoms with Crippen molar-refractivity contribution in [1.82, 2.24) is 9.78 Å². The van der Waals surface area contributed by atoms with Crippen molar-refractivity contribution in [2.75, 3.05) is 0 Å². The summed E-state index contributed by atoms with van der Waals surface area (Å²) in [4.78, 5) is 10.9. The number of aromatic nitrogens is 2. The smallest absolute Gasteiger partial charge is 0.339 e. The molecule has 63 valence electrons. The number of primary amides is 1. The van der Waals surface area contributed by atoms with E-state index in [0.717, 1.165) is 18.5 Å². The molecule has 4 heteroatoms. The third-order valence-corrected chi connectivity index (χ3v) is 2.41. The van der Waals surface area contributed by atoms with Crippen molar-refractivity contribution in [3.05, 3.63) is 18.0 Å².